The molecule has 0 fully saturated rings. The molecule has 1 rings (SSSR count). The van der Waals surface area contributed by atoms with Crippen molar-refractivity contribution in [2.45, 2.75) is 39.3 Å². The van der Waals surface area contributed by atoms with E-state index in [2.05, 4.69) is 24.4 Å². The second-order valence-corrected chi connectivity index (χ2v) is 5.24. The van der Waals surface area contributed by atoms with Crippen molar-refractivity contribution in [3.8, 4) is 0 Å². The number of carbonyl (C=O) groups excluding carboxylic acids is 1. The quantitative estimate of drug-likeness (QED) is 0.824. The first-order valence-corrected chi connectivity index (χ1v) is 5.92. The summed E-state index contributed by atoms with van der Waals surface area (Å²) in [5, 5.41) is 2.93. The van der Waals surface area contributed by atoms with Gasteiger partial charge in [-0.1, -0.05) is 0 Å². The van der Waals surface area contributed by atoms with E-state index in [4.69, 9.17) is 5.73 Å². The Balaban J connectivity index is 2.48. The number of carbonyl (C=O) groups is 1. The second-order valence-electron chi connectivity index (χ2n) is 3.92. The van der Waals surface area contributed by atoms with Crippen LogP contribution in [0, 0.1) is 6.92 Å². The van der Waals surface area contributed by atoms with E-state index in [1.165, 1.54) is 9.75 Å². The minimum absolute atomic E-state index is 0.0172. The van der Waals surface area contributed by atoms with Crippen molar-refractivity contribution in [1.82, 2.24) is 5.32 Å². The molecule has 2 unspecified atom stereocenters. The maximum Gasteiger partial charge on any atom is 0.222 e. The summed E-state index contributed by atoms with van der Waals surface area (Å²) in [7, 11) is 0. The van der Waals surface area contributed by atoms with Gasteiger partial charge >= 0.3 is 0 Å². The van der Waals surface area contributed by atoms with E-state index in [9.17, 15) is 4.79 Å². The van der Waals surface area contributed by atoms with Crippen LogP contribution in [0.5, 0.6) is 0 Å². The molecule has 1 aromatic heterocycles. The molecule has 0 radical (unpaired) electrons. The minimum Gasteiger partial charge on any atom is -0.349 e. The molecule has 15 heavy (non-hydrogen) atoms. The monoisotopic (exact) mass is 226 g/mol. The highest BCUT2D eigenvalue weighted by Gasteiger charge is 2.11. The molecule has 3 nitrogen and oxygen atoms in total. The van der Waals surface area contributed by atoms with Crippen molar-refractivity contribution >= 4 is 17.2 Å². The predicted octanol–water partition coefficient (Wildman–Crippen LogP) is 1.97. The second kappa shape index (κ2) is 5.28. The van der Waals surface area contributed by atoms with Crippen LogP contribution in [0.25, 0.3) is 0 Å². The maximum atomic E-state index is 11.5. The Morgan fingerprint density at radius 3 is 2.67 bits per heavy atom. The lowest BCUT2D eigenvalue weighted by Crippen LogP contribution is -2.31. The number of nitrogens with two attached hydrogens (primary N) is 1. The summed E-state index contributed by atoms with van der Waals surface area (Å²) in [6, 6.07) is 4.11. The number of thiophene rings is 1. The minimum atomic E-state index is -0.0812. The Morgan fingerprint density at radius 2 is 2.20 bits per heavy atom. The SMILES string of the molecule is Cc1ccc(C(C)NC(=O)CC(C)N)s1. The van der Waals surface area contributed by atoms with Crippen LogP contribution in [0.1, 0.15) is 36.1 Å². The van der Waals surface area contributed by atoms with Crippen LogP contribution in [0.4, 0.5) is 0 Å². The zero-order valence-corrected chi connectivity index (χ0v) is 10.2. The van der Waals surface area contributed by atoms with Gasteiger partial charge < -0.3 is 11.1 Å². The van der Waals surface area contributed by atoms with E-state index in [1.807, 2.05) is 13.8 Å². The third kappa shape index (κ3) is 4.01. The number of hydrogen-bond donors (Lipinski definition) is 2. The molecule has 0 aliphatic carbocycles. The molecular formula is C11H18N2OS. The van der Waals surface area contributed by atoms with Gasteiger partial charge in [-0.3, -0.25) is 4.79 Å². The van der Waals surface area contributed by atoms with Gasteiger partial charge in [0, 0.05) is 22.2 Å². The molecule has 0 aliphatic heterocycles. The third-order valence-electron chi connectivity index (χ3n) is 2.07. The first-order valence-electron chi connectivity index (χ1n) is 5.10. The highest BCUT2D eigenvalue weighted by molar-refractivity contribution is 7.12. The van der Waals surface area contributed by atoms with Crippen molar-refractivity contribution in [1.29, 1.82) is 0 Å². The Labute approximate surface area is 94.7 Å². The number of amides is 1. The van der Waals surface area contributed by atoms with E-state index in [0.717, 1.165) is 0 Å². The van der Waals surface area contributed by atoms with Crippen molar-refractivity contribution in [2.75, 3.05) is 0 Å². The van der Waals surface area contributed by atoms with Crippen LogP contribution >= 0.6 is 11.3 Å². The molecule has 2 atom stereocenters. The van der Waals surface area contributed by atoms with Gasteiger partial charge in [0.05, 0.1) is 6.04 Å². The van der Waals surface area contributed by atoms with Gasteiger partial charge in [-0.05, 0) is 32.9 Å². The molecule has 1 amide bonds. The number of hydrogen-bond acceptors (Lipinski definition) is 3. The summed E-state index contributed by atoms with van der Waals surface area (Å²) in [5.74, 6) is 0.0172. The molecule has 84 valence electrons. The lowest BCUT2D eigenvalue weighted by molar-refractivity contribution is -0.121. The standard InChI is InChI=1S/C11H18N2OS/c1-7(12)6-11(14)13-9(3)10-5-4-8(2)15-10/h4-5,7,9H,6,12H2,1-3H3,(H,13,14). The molecular weight excluding hydrogens is 208 g/mol. The highest BCUT2D eigenvalue weighted by atomic mass is 32.1. The molecule has 3 N–H and O–H groups in total. The molecule has 1 aromatic rings. The van der Waals surface area contributed by atoms with Crippen LogP contribution in [0.15, 0.2) is 12.1 Å². The lowest BCUT2D eigenvalue weighted by atomic mass is 10.2. The topological polar surface area (TPSA) is 55.1 Å². The molecule has 0 spiro atoms. The fourth-order valence-corrected chi connectivity index (χ4v) is 2.23. The summed E-state index contributed by atoms with van der Waals surface area (Å²) in [6.07, 6.45) is 0.384. The summed E-state index contributed by atoms with van der Waals surface area (Å²) >= 11 is 1.71. The predicted molar refractivity (Wildman–Crippen MR) is 63.9 cm³/mol. The van der Waals surface area contributed by atoms with Gasteiger partial charge in [0.15, 0.2) is 0 Å². The van der Waals surface area contributed by atoms with Crippen LogP contribution < -0.4 is 11.1 Å². The normalized spacial score (nSPS) is 14.7. The smallest absolute Gasteiger partial charge is 0.222 e. The highest BCUT2D eigenvalue weighted by Crippen LogP contribution is 2.22. The lowest BCUT2D eigenvalue weighted by Gasteiger charge is -2.13. The largest absolute Gasteiger partial charge is 0.349 e. The van der Waals surface area contributed by atoms with Crippen LogP contribution in [-0.4, -0.2) is 11.9 Å². The molecule has 4 heteroatoms. The van der Waals surface area contributed by atoms with Gasteiger partial charge in [0.2, 0.25) is 5.91 Å². The summed E-state index contributed by atoms with van der Waals surface area (Å²) in [5.41, 5.74) is 5.55. The van der Waals surface area contributed by atoms with Crippen LogP contribution in [-0.2, 0) is 4.79 Å². The molecule has 1 heterocycles. The Bertz CT molecular complexity index is 333. The van der Waals surface area contributed by atoms with Gasteiger partial charge in [-0.2, -0.15) is 0 Å². The zero-order valence-electron chi connectivity index (χ0n) is 9.41. The van der Waals surface area contributed by atoms with Crippen molar-refractivity contribution in [3.63, 3.8) is 0 Å². The maximum absolute atomic E-state index is 11.5. The molecule has 0 aromatic carbocycles. The number of nitrogens with one attached hydrogen (secondary N) is 1. The Morgan fingerprint density at radius 1 is 1.53 bits per heavy atom. The van der Waals surface area contributed by atoms with Crippen molar-refractivity contribution in [2.24, 2.45) is 5.73 Å². The van der Waals surface area contributed by atoms with Crippen LogP contribution in [0.3, 0.4) is 0 Å². The Kier molecular flexibility index (Phi) is 4.29. The summed E-state index contributed by atoms with van der Waals surface area (Å²) < 4.78 is 0. The van der Waals surface area contributed by atoms with Gasteiger partial charge in [0.1, 0.15) is 0 Å². The van der Waals surface area contributed by atoms with E-state index < -0.39 is 0 Å². The van der Waals surface area contributed by atoms with E-state index in [-0.39, 0.29) is 18.0 Å². The molecule has 0 bridgehead atoms. The van der Waals surface area contributed by atoms with Crippen molar-refractivity contribution in [3.05, 3.63) is 21.9 Å². The third-order valence-corrected chi connectivity index (χ3v) is 3.26. The first kappa shape index (κ1) is 12.2. The van der Waals surface area contributed by atoms with E-state index in [1.54, 1.807) is 11.3 Å². The van der Waals surface area contributed by atoms with E-state index in [0.29, 0.717) is 6.42 Å². The zero-order chi connectivity index (χ0) is 11.4. The van der Waals surface area contributed by atoms with E-state index >= 15 is 0 Å². The average molecular weight is 226 g/mol. The molecule has 0 aliphatic rings. The number of rotatable bonds is 4. The molecule has 0 saturated heterocycles. The van der Waals surface area contributed by atoms with Gasteiger partial charge in [0.25, 0.3) is 0 Å². The number of aryl methyl sites for hydroxylation is 1. The van der Waals surface area contributed by atoms with Crippen molar-refractivity contribution < 1.29 is 4.79 Å². The fraction of sp³-hybridized carbons (Fsp3) is 0.545. The first-order chi connectivity index (χ1) is 6.99. The summed E-state index contributed by atoms with van der Waals surface area (Å²) in [4.78, 5) is 13.9. The van der Waals surface area contributed by atoms with Gasteiger partial charge in [-0.15, -0.1) is 11.3 Å². The summed E-state index contributed by atoms with van der Waals surface area (Å²) in [6.45, 7) is 5.88. The average Bonchev–Trinajstić information content (AvgIpc) is 2.49. The van der Waals surface area contributed by atoms with Crippen LogP contribution in [0.2, 0.25) is 0 Å². The fourth-order valence-electron chi connectivity index (χ4n) is 1.35. The van der Waals surface area contributed by atoms with Gasteiger partial charge in [-0.25, -0.2) is 0 Å². The molecule has 0 saturated carbocycles. The Hall–Kier alpha value is -0.870.